The second-order valence-corrected chi connectivity index (χ2v) is 5.43. The fourth-order valence-electron chi connectivity index (χ4n) is 1.43. The molecule has 20 heavy (non-hydrogen) atoms. The molecular formula is C11H10F2N4O2S. The third-order valence-electron chi connectivity index (χ3n) is 2.37. The summed E-state index contributed by atoms with van der Waals surface area (Å²) in [5.41, 5.74) is 1.84. The van der Waals surface area contributed by atoms with E-state index in [0.717, 1.165) is 12.1 Å². The maximum atomic E-state index is 13.4. The molecule has 1 aromatic heterocycles. The van der Waals surface area contributed by atoms with Gasteiger partial charge in [-0.1, -0.05) is 0 Å². The van der Waals surface area contributed by atoms with Crippen LogP contribution in [-0.4, -0.2) is 13.4 Å². The number of hydrogen-bond donors (Lipinski definition) is 3. The van der Waals surface area contributed by atoms with E-state index in [1.807, 2.05) is 4.72 Å². The Morgan fingerprint density at radius 3 is 2.55 bits per heavy atom. The van der Waals surface area contributed by atoms with Crippen LogP contribution in [0.25, 0.3) is 0 Å². The van der Waals surface area contributed by atoms with Gasteiger partial charge in [-0.2, -0.15) is 0 Å². The second-order valence-electron chi connectivity index (χ2n) is 3.75. The van der Waals surface area contributed by atoms with Crippen LogP contribution < -0.4 is 16.0 Å². The highest BCUT2D eigenvalue weighted by molar-refractivity contribution is 7.92. The van der Waals surface area contributed by atoms with Gasteiger partial charge in [0.05, 0.1) is 10.6 Å². The summed E-state index contributed by atoms with van der Waals surface area (Å²) in [6, 6.07) is 4.90. The first-order valence-corrected chi connectivity index (χ1v) is 6.81. The molecular weight excluding hydrogens is 290 g/mol. The molecule has 0 radical (unpaired) electrons. The topological polar surface area (TPSA) is 97.1 Å². The molecule has 0 amide bonds. The number of rotatable bonds is 4. The molecule has 2 rings (SSSR count). The normalized spacial score (nSPS) is 11.2. The summed E-state index contributed by atoms with van der Waals surface area (Å²) >= 11 is 0. The molecule has 0 aliphatic carbocycles. The molecule has 9 heteroatoms. The molecule has 4 N–H and O–H groups in total. The van der Waals surface area contributed by atoms with Crippen molar-refractivity contribution in [3.8, 4) is 0 Å². The van der Waals surface area contributed by atoms with Crippen LogP contribution in [0.2, 0.25) is 0 Å². The Hall–Kier alpha value is -2.26. The van der Waals surface area contributed by atoms with Gasteiger partial charge in [0.1, 0.15) is 17.5 Å². The van der Waals surface area contributed by atoms with Crippen LogP contribution in [0.3, 0.4) is 0 Å². The Balaban J connectivity index is 2.35. The Morgan fingerprint density at radius 1 is 1.15 bits per heavy atom. The summed E-state index contributed by atoms with van der Waals surface area (Å²) in [6.45, 7) is 0. The summed E-state index contributed by atoms with van der Waals surface area (Å²) in [4.78, 5) is 3.59. The molecule has 0 bridgehead atoms. The minimum absolute atomic E-state index is 0.132. The molecule has 0 fully saturated rings. The lowest BCUT2D eigenvalue weighted by Gasteiger charge is -2.09. The minimum Gasteiger partial charge on any atom is -0.308 e. The van der Waals surface area contributed by atoms with Crippen molar-refractivity contribution >= 4 is 21.5 Å². The van der Waals surface area contributed by atoms with Gasteiger partial charge in [0.2, 0.25) is 0 Å². The van der Waals surface area contributed by atoms with Crippen LogP contribution in [0.4, 0.5) is 20.3 Å². The zero-order valence-electron chi connectivity index (χ0n) is 9.97. The highest BCUT2D eigenvalue weighted by atomic mass is 32.2. The average Bonchev–Trinajstić information content (AvgIpc) is 2.42. The monoisotopic (exact) mass is 300 g/mol. The van der Waals surface area contributed by atoms with Gasteiger partial charge in [0, 0.05) is 18.3 Å². The summed E-state index contributed by atoms with van der Waals surface area (Å²) in [5, 5.41) is 0. The van der Waals surface area contributed by atoms with Gasteiger partial charge in [0.15, 0.2) is 0 Å². The number of aromatic nitrogens is 1. The molecule has 1 heterocycles. The van der Waals surface area contributed by atoms with E-state index in [1.165, 1.54) is 18.3 Å². The number of nitrogens with two attached hydrogens (primary N) is 1. The summed E-state index contributed by atoms with van der Waals surface area (Å²) in [5.74, 6) is 3.44. The molecule has 2 aromatic rings. The predicted octanol–water partition coefficient (Wildman–Crippen LogP) is 1.45. The van der Waals surface area contributed by atoms with Gasteiger partial charge in [-0.05, 0) is 18.2 Å². The van der Waals surface area contributed by atoms with Gasteiger partial charge < -0.3 is 5.43 Å². The lowest BCUT2D eigenvalue weighted by atomic mass is 10.3. The number of hydrazine groups is 1. The number of sulfonamides is 1. The van der Waals surface area contributed by atoms with Crippen molar-refractivity contribution < 1.29 is 17.2 Å². The third kappa shape index (κ3) is 3.00. The quantitative estimate of drug-likeness (QED) is 0.586. The smallest absolute Gasteiger partial charge is 0.262 e. The number of hydrogen-bond acceptors (Lipinski definition) is 5. The first-order valence-electron chi connectivity index (χ1n) is 5.33. The Bertz CT molecular complexity index is 737. The average molecular weight is 300 g/mol. The lowest BCUT2D eigenvalue weighted by Crippen LogP contribution is -2.15. The van der Waals surface area contributed by atoms with Crippen molar-refractivity contribution in [1.29, 1.82) is 0 Å². The maximum absolute atomic E-state index is 13.4. The zero-order valence-corrected chi connectivity index (χ0v) is 10.8. The van der Waals surface area contributed by atoms with Crippen LogP contribution in [0.15, 0.2) is 41.4 Å². The van der Waals surface area contributed by atoms with Crippen LogP contribution >= 0.6 is 0 Å². The van der Waals surface area contributed by atoms with Crippen LogP contribution in [-0.2, 0) is 10.0 Å². The van der Waals surface area contributed by atoms with E-state index >= 15 is 0 Å². The molecule has 0 aliphatic heterocycles. The van der Waals surface area contributed by atoms with Crippen molar-refractivity contribution in [2.24, 2.45) is 5.84 Å². The summed E-state index contributed by atoms with van der Waals surface area (Å²) < 4.78 is 52.3. The van der Waals surface area contributed by atoms with Crippen molar-refractivity contribution in [2.75, 3.05) is 10.1 Å². The number of anilines is 2. The first-order chi connectivity index (χ1) is 9.42. The first kappa shape index (κ1) is 14.2. The van der Waals surface area contributed by atoms with Crippen LogP contribution in [0, 0.1) is 11.6 Å². The molecule has 0 saturated heterocycles. The lowest BCUT2D eigenvalue weighted by molar-refractivity contribution is 0.583. The standard InChI is InChI=1S/C11H10F2N4O2S/c12-7-1-2-10(9(13)5-7)17-20(18,19)8-3-4-15-11(6-8)16-14/h1-6,17H,14H2,(H,15,16). The fourth-order valence-corrected chi connectivity index (χ4v) is 2.51. The van der Waals surface area contributed by atoms with Gasteiger partial charge in [0.25, 0.3) is 10.0 Å². The molecule has 0 unspecified atom stereocenters. The number of nitrogens with zero attached hydrogens (tertiary/aromatic N) is 1. The van der Waals surface area contributed by atoms with Crippen molar-refractivity contribution in [3.05, 3.63) is 48.2 Å². The van der Waals surface area contributed by atoms with E-state index in [1.54, 1.807) is 0 Å². The van der Waals surface area contributed by atoms with E-state index in [0.29, 0.717) is 6.07 Å². The van der Waals surface area contributed by atoms with Gasteiger partial charge >= 0.3 is 0 Å². The number of nitrogen functional groups attached to an aromatic ring is 1. The van der Waals surface area contributed by atoms with Crippen molar-refractivity contribution in [2.45, 2.75) is 4.90 Å². The number of benzene rings is 1. The van der Waals surface area contributed by atoms with E-state index in [2.05, 4.69) is 10.4 Å². The minimum atomic E-state index is -4.03. The molecule has 0 spiro atoms. The van der Waals surface area contributed by atoms with Gasteiger partial charge in [-0.3, -0.25) is 4.72 Å². The molecule has 1 aromatic carbocycles. The van der Waals surface area contributed by atoms with E-state index in [9.17, 15) is 17.2 Å². The fraction of sp³-hybridized carbons (Fsp3) is 0. The zero-order chi connectivity index (χ0) is 14.8. The summed E-state index contributed by atoms with van der Waals surface area (Å²) in [7, 11) is -4.03. The van der Waals surface area contributed by atoms with Crippen LogP contribution in [0.1, 0.15) is 0 Å². The predicted molar refractivity (Wildman–Crippen MR) is 69.2 cm³/mol. The number of nitrogens with one attached hydrogen (secondary N) is 2. The maximum Gasteiger partial charge on any atom is 0.262 e. The molecule has 106 valence electrons. The van der Waals surface area contributed by atoms with Gasteiger partial charge in [-0.15, -0.1) is 0 Å². The highest BCUT2D eigenvalue weighted by Gasteiger charge is 2.17. The van der Waals surface area contributed by atoms with E-state index < -0.39 is 21.7 Å². The summed E-state index contributed by atoms with van der Waals surface area (Å²) in [6.07, 6.45) is 1.23. The number of pyridine rings is 1. The van der Waals surface area contributed by atoms with Gasteiger partial charge in [-0.25, -0.2) is 28.0 Å². The molecule has 0 saturated carbocycles. The Labute approximate surface area is 113 Å². The van der Waals surface area contributed by atoms with E-state index in [4.69, 9.17) is 5.84 Å². The number of halogens is 2. The van der Waals surface area contributed by atoms with Crippen LogP contribution in [0.5, 0.6) is 0 Å². The molecule has 0 atom stereocenters. The Kier molecular flexibility index (Phi) is 3.81. The Morgan fingerprint density at radius 2 is 1.90 bits per heavy atom. The van der Waals surface area contributed by atoms with E-state index in [-0.39, 0.29) is 16.4 Å². The third-order valence-corrected chi connectivity index (χ3v) is 3.73. The molecule has 0 aliphatic rings. The highest BCUT2D eigenvalue weighted by Crippen LogP contribution is 2.20. The second kappa shape index (κ2) is 5.39. The van der Waals surface area contributed by atoms with Crippen molar-refractivity contribution in [1.82, 2.24) is 4.98 Å². The largest absolute Gasteiger partial charge is 0.308 e. The SMILES string of the molecule is NNc1cc(S(=O)(=O)Nc2ccc(F)cc2F)ccn1. The van der Waals surface area contributed by atoms with Crippen molar-refractivity contribution in [3.63, 3.8) is 0 Å². The molecule has 6 nitrogen and oxygen atoms in total.